The molecule has 0 atom stereocenters. The van der Waals surface area contributed by atoms with Crippen molar-refractivity contribution in [3.63, 3.8) is 0 Å². The summed E-state index contributed by atoms with van der Waals surface area (Å²) in [5, 5.41) is 10.6. The Morgan fingerprint density at radius 3 is 2.56 bits per heavy atom. The Morgan fingerprint density at radius 1 is 1.12 bits per heavy atom. The zero-order valence-electron chi connectivity index (χ0n) is 18.1. The van der Waals surface area contributed by atoms with Crippen molar-refractivity contribution in [3.8, 4) is 16.9 Å². The van der Waals surface area contributed by atoms with Crippen LogP contribution in [-0.4, -0.2) is 32.9 Å². The van der Waals surface area contributed by atoms with Crippen LogP contribution >= 0.6 is 0 Å². The Morgan fingerprint density at radius 2 is 1.88 bits per heavy atom. The van der Waals surface area contributed by atoms with Crippen LogP contribution in [0.3, 0.4) is 0 Å². The quantitative estimate of drug-likeness (QED) is 0.406. The van der Waals surface area contributed by atoms with E-state index >= 15 is 0 Å². The van der Waals surface area contributed by atoms with Gasteiger partial charge in [-0.05, 0) is 73.4 Å². The van der Waals surface area contributed by atoms with Crippen LogP contribution in [0.25, 0.3) is 16.8 Å². The zero-order chi connectivity index (χ0) is 23.9. The van der Waals surface area contributed by atoms with Crippen molar-refractivity contribution >= 4 is 23.2 Å². The summed E-state index contributed by atoms with van der Waals surface area (Å²) in [6.45, 7) is 1.87. The van der Waals surface area contributed by atoms with E-state index in [1.54, 1.807) is 28.9 Å². The van der Waals surface area contributed by atoms with Gasteiger partial charge in [0.05, 0.1) is 0 Å². The van der Waals surface area contributed by atoms with E-state index in [0.29, 0.717) is 28.3 Å². The topological polar surface area (TPSA) is 80.6 Å². The summed E-state index contributed by atoms with van der Waals surface area (Å²) in [7, 11) is 0. The summed E-state index contributed by atoms with van der Waals surface area (Å²) >= 11 is 0. The minimum atomic E-state index is -4.74. The van der Waals surface area contributed by atoms with E-state index in [-0.39, 0.29) is 17.7 Å². The maximum atomic E-state index is 12.4. The standard InChI is InChI=1S/C24H20F3N5O2/c1-14-13-17(8-11-19(14)22(33)28-16-6-7-16)29-23-30-21-20(3-2-12-32(21)31-23)15-4-9-18(10-5-15)34-24(25,26)27/h2-5,8-13,16H,6-7H2,1H3,(H,28,33)(H,29,31). The van der Waals surface area contributed by atoms with Crippen molar-refractivity contribution in [3.05, 3.63) is 71.9 Å². The first-order valence-corrected chi connectivity index (χ1v) is 10.7. The molecule has 2 N–H and O–H groups in total. The number of hydrogen-bond donors (Lipinski definition) is 2. The number of hydrogen-bond acceptors (Lipinski definition) is 5. The molecule has 1 fully saturated rings. The SMILES string of the molecule is Cc1cc(Nc2nc3c(-c4ccc(OC(F)(F)F)cc4)cccn3n2)ccc1C(=O)NC1CC1. The summed E-state index contributed by atoms with van der Waals surface area (Å²) in [5.74, 6) is -0.0237. The number of alkyl halides is 3. The Bertz CT molecular complexity index is 1360. The largest absolute Gasteiger partial charge is 0.573 e. The molecule has 0 bridgehead atoms. The molecule has 2 heterocycles. The molecule has 4 aromatic rings. The van der Waals surface area contributed by atoms with E-state index in [0.717, 1.165) is 24.1 Å². The summed E-state index contributed by atoms with van der Waals surface area (Å²) < 4.78 is 42.8. The third-order valence-corrected chi connectivity index (χ3v) is 5.40. The number of halogens is 3. The number of benzene rings is 2. The van der Waals surface area contributed by atoms with E-state index in [1.807, 2.05) is 19.1 Å². The first kappa shape index (κ1) is 21.7. The molecular weight excluding hydrogens is 447 g/mol. The second kappa shape index (κ2) is 8.36. The monoisotopic (exact) mass is 467 g/mol. The zero-order valence-corrected chi connectivity index (χ0v) is 18.1. The van der Waals surface area contributed by atoms with Gasteiger partial charge in [0.15, 0.2) is 5.65 Å². The van der Waals surface area contributed by atoms with Crippen molar-refractivity contribution in [2.24, 2.45) is 0 Å². The fourth-order valence-electron chi connectivity index (χ4n) is 3.64. The Hall–Kier alpha value is -4.08. The van der Waals surface area contributed by atoms with Gasteiger partial charge in [0, 0.05) is 29.1 Å². The molecule has 0 radical (unpaired) electrons. The molecular formula is C24H20F3N5O2. The molecule has 10 heteroatoms. The van der Waals surface area contributed by atoms with Crippen LogP contribution in [0.1, 0.15) is 28.8 Å². The number of pyridine rings is 1. The lowest BCUT2D eigenvalue weighted by molar-refractivity contribution is -0.274. The van der Waals surface area contributed by atoms with Crippen molar-refractivity contribution in [2.75, 3.05) is 5.32 Å². The van der Waals surface area contributed by atoms with Crippen LogP contribution in [0.5, 0.6) is 5.75 Å². The van der Waals surface area contributed by atoms with Crippen molar-refractivity contribution in [1.82, 2.24) is 19.9 Å². The van der Waals surface area contributed by atoms with Gasteiger partial charge in [0.1, 0.15) is 5.75 Å². The number of ether oxygens (including phenoxy) is 1. The van der Waals surface area contributed by atoms with Crippen LogP contribution in [0.15, 0.2) is 60.8 Å². The van der Waals surface area contributed by atoms with Gasteiger partial charge in [-0.15, -0.1) is 18.3 Å². The molecule has 7 nitrogen and oxygen atoms in total. The number of rotatable bonds is 6. The molecule has 174 valence electrons. The molecule has 1 aliphatic carbocycles. The van der Waals surface area contributed by atoms with Gasteiger partial charge < -0.3 is 15.4 Å². The number of fused-ring (bicyclic) bond motifs is 1. The molecule has 1 aliphatic rings. The Labute approximate surface area is 192 Å². The highest BCUT2D eigenvalue weighted by atomic mass is 19.4. The normalized spacial score (nSPS) is 13.6. The molecule has 0 saturated heterocycles. The predicted molar refractivity (Wildman–Crippen MR) is 120 cm³/mol. The second-order valence-corrected chi connectivity index (χ2v) is 8.10. The molecule has 0 aliphatic heterocycles. The number of aromatic nitrogens is 3. The fraction of sp³-hybridized carbons (Fsp3) is 0.208. The van der Waals surface area contributed by atoms with Crippen LogP contribution in [-0.2, 0) is 0 Å². The molecule has 0 spiro atoms. The van der Waals surface area contributed by atoms with E-state index < -0.39 is 6.36 Å². The smallest absolute Gasteiger partial charge is 0.406 e. The van der Waals surface area contributed by atoms with Gasteiger partial charge in [-0.2, -0.15) is 4.98 Å². The molecule has 2 aromatic heterocycles. The number of aryl methyl sites for hydroxylation is 1. The fourth-order valence-corrected chi connectivity index (χ4v) is 3.64. The molecule has 1 saturated carbocycles. The minimum Gasteiger partial charge on any atom is -0.406 e. The summed E-state index contributed by atoms with van der Waals surface area (Å²) in [6.07, 6.45) is -0.962. The number of nitrogens with zero attached hydrogens (tertiary/aromatic N) is 3. The van der Waals surface area contributed by atoms with Crippen molar-refractivity contribution in [1.29, 1.82) is 0 Å². The number of carbonyl (C=O) groups is 1. The van der Waals surface area contributed by atoms with E-state index in [9.17, 15) is 18.0 Å². The maximum absolute atomic E-state index is 12.4. The number of carbonyl (C=O) groups excluding carboxylic acids is 1. The van der Waals surface area contributed by atoms with Crippen LogP contribution < -0.4 is 15.4 Å². The van der Waals surface area contributed by atoms with Gasteiger partial charge in [0.25, 0.3) is 5.91 Å². The molecule has 34 heavy (non-hydrogen) atoms. The summed E-state index contributed by atoms with van der Waals surface area (Å²) in [5.41, 5.74) is 4.08. The Balaban J connectivity index is 1.37. The van der Waals surface area contributed by atoms with Gasteiger partial charge in [0.2, 0.25) is 5.95 Å². The Kier molecular flexibility index (Phi) is 5.35. The van der Waals surface area contributed by atoms with Gasteiger partial charge in [-0.25, -0.2) is 4.52 Å². The number of anilines is 2. The molecule has 0 unspecified atom stereocenters. The van der Waals surface area contributed by atoms with E-state index in [1.165, 1.54) is 24.3 Å². The highest BCUT2D eigenvalue weighted by Crippen LogP contribution is 2.29. The first-order valence-electron chi connectivity index (χ1n) is 10.7. The molecule has 2 aromatic carbocycles. The highest BCUT2D eigenvalue weighted by molar-refractivity contribution is 5.96. The maximum Gasteiger partial charge on any atom is 0.573 e. The lowest BCUT2D eigenvalue weighted by atomic mass is 10.1. The highest BCUT2D eigenvalue weighted by Gasteiger charge is 2.31. The summed E-state index contributed by atoms with van der Waals surface area (Å²) in [4.78, 5) is 16.9. The second-order valence-electron chi connectivity index (χ2n) is 8.10. The molecule has 5 rings (SSSR count). The predicted octanol–water partition coefficient (Wildman–Crippen LogP) is 5.24. The van der Waals surface area contributed by atoms with Gasteiger partial charge in [-0.3, -0.25) is 4.79 Å². The third kappa shape index (κ3) is 4.80. The van der Waals surface area contributed by atoms with Crippen molar-refractivity contribution < 1.29 is 22.7 Å². The number of amides is 1. The van der Waals surface area contributed by atoms with E-state index in [2.05, 4.69) is 25.5 Å². The average molecular weight is 467 g/mol. The van der Waals surface area contributed by atoms with Crippen LogP contribution in [0.2, 0.25) is 0 Å². The van der Waals surface area contributed by atoms with Crippen molar-refractivity contribution in [2.45, 2.75) is 32.2 Å². The van der Waals surface area contributed by atoms with E-state index in [4.69, 9.17) is 0 Å². The van der Waals surface area contributed by atoms with Gasteiger partial charge in [-0.1, -0.05) is 12.1 Å². The summed E-state index contributed by atoms with van der Waals surface area (Å²) in [6, 6.07) is 14.9. The van der Waals surface area contributed by atoms with Gasteiger partial charge >= 0.3 is 6.36 Å². The lowest BCUT2D eigenvalue weighted by Crippen LogP contribution is -2.26. The lowest BCUT2D eigenvalue weighted by Gasteiger charge is -2.09. The minimum absolute atomic E-state index is 0.0753. The first-order chi connectivity index (χ1) is 16.2. The van der Waals surface area contributed by atoms with Crippen LogP contribution in [0.4, 0.5) is 24.8 Å². The van der Waals surface area contributed by atoms with Crippen LogP contribution in [0, 0.1) is 6.92 Å². The third-order valence-electron chi connectivity index (χ3n) is 5.40. The average Bonchev–Trinajstić information content (AvgIpc) is 3.49. The number of nitrogens with one attached hydrogen (secondary N) is 2. The molecule has 1 amide bonds.